The number of benzene rings is 1. The van der Waals surface area contributed by atoms with Crippen LogP contribution in [0, 0.1) is 10.1 Å². The molecule has 0 amide bonds. The number of aromatic amines is 1. The Morgan fingerprint density at radius 2 is 1.95 bits per heavy atom. The van der Waals surface area contributed by atoms with Crippen molar-refractivity contribution in [3.8, 4) is 17.5 Å². The van der Waals surface area contributed by atoms with Gasteiger partial charge in [0.05, 0.1) is 10.8 Å². The maximum Gasteiger partial charge on any atom is 0.318 e. The lowest BCUT2D eigenvalue weighted by molar-refractivity contribution is -0.384. The van der Waals surface area contributed by atoms with E-state index in [1.54, 1.807) is 6.92 Å². The first-order valence-corrected chi connectivity index (χ1v) is 5.95. The van der Waals surface area contributed by atoms with Crippen LogP contribution >= 0.6 is 0 Å². The summed E-state index contributed by atoms with van der Waals surface area (Å²) < 4.78 is 4.95. The van der Waals surface area contributed by atoms with Gasteiger partial charge in [0.15, 0.2) is 11.6 Å². The second-order valence-corrected chi connectivity index (χ2v) is 4.36. The standard InChI is InChI=1S/C13H12N2O6/c1-7(8-2-4-9(5-3-8)15(19)20)13(18)21-10-6-11(16)14-12(10)17/h2-7,14,16-17H,1H3. The molecule has 0 aliphatic heterocycles. The predicted molar refractivity (Wildman–Crippen MR) is 71.3 cm³/mol. The molecule has 8 nitrogen and oxygen atoms in total. The van der Waals surface area contributed by atoms with Gasteiger partial charge < -0.3 is 14.9 Å². The average Bonchev–Trinajstić information content (AvgIpc) is 2.76. The topological polar surface area (TPSA) is 126 Å². The van der Waals surface area contributed by atoms with Crippen molar-refractivity contribution >= 4 is 11.7 Å². The third-order valence-electron chi connectivity index (χ3n) is 2.92. The van der Waals surface area contributed by atoms with Gasteiger partial charge in [0.1, 0.15) is 0 Å². The molecule has 0 aliphatic rings. The second-order valence-electron chi connectivity index (χ2n) is 4.36. The van der Waals surface area contributed by atoms with E-state index in [0.717, 1.165) is 6.07 Å². The largest absolute Gasteiger partial charge is 0.494 e. The number of rotatable bonds is 4. The SMILES string of the molecule is CC(C(=O)Oc1cc(O)[nH]c1O)c1ccc([N+](=O)[O-])cc1. The summed E-state index contributed by atoms with van der Waals surface area (Å²) in [6.07, 6.45) is 0. The van der Waals surface area contributed by atoms with Crippen LogP contribution in [-0.2, 0) is 4.79 Å². The number of aromatic hydroxyl groups is 2. The second kappa shape index (κ2) is 5.53. The van der Waals surface area contributed by atoms with Gasteiger partial charge in [0, 0.05) is 18.2 Å². The molecule has 2 aromatic rings. The van der Waals surface area contributed by atoms with Gasteiger partial charge in [0.2, 0.25) is 5.88 Å². The summed E-state index contributed by atoms with van der Waals surface area (Å²) in [5.74, 6) is -2.35. The Labute approximate surface area is 118 Å². The number of ether oxygens (including phenoxy) is 1. The molecule has 0 saturated carbocycles. The highest BCUT2D eigenvalue weighted by Crippen LogP contribution is 2.31. The predicted octanol–water partition coefficient (Wildman–Crippen LogP) is 2.04. The van der Waals surface area contributed by atoms with Crippen LogP contribution < -0.4 is 4.74 Å². The summed E-state index contributed by atoms with van der Waals surface area (Å²) in [5.41, 5.74) is 0.456. The van der Waals surface area contributed by atoms with Gasteiger partial charge in [-0.2, -0.15) is 0 Å². The van der Waals surface area contributed by atoms with Gasteiger partial charge in [-0.15, -0.1) is 0 Å². The third kappa shape index (κ3) is 3.11. The minimum absolute atomic E-state index is 0.0764. The van der Waals surface area contributed by atoms with Crippen molar-refractivity contribution < 1.29 is 24.7 Å². The monoisotopic (exact) mass is 292 g/mol. The number of H-pyrrole nitrogens is 1. The Morgan fingerprint density at radius 3 is 2.43 bits per heavy atom. The lowest BCUT2D eigenvalue weighted by atomic mass is 10.0. The summed E-state index contributed by atoms with van der Waals surface area (Å²) in [6, 6.07) is 6.56. The average molecular weight is 292 g/mol. The molecule has 3 N–H and O–H groups in total. The summed E-state index contributed by atoms with van der Waals surface area (Å²) >= 11 is 0. The molecule has 8 heteroatoms. The quantitative estimate of drug-likeness (QED) is 0.449. The molecule has 0 radical (unpaired) electrons. The van der Waals surface area contributed by atoms with Crippen molar-refractivity contribution in [1.82, 2.24) is 4.98 Å². The maximum absolute atomic E-state index is 11.9. The molecular weight excluding hydrogens is 280 g/mol. The number of aromatic nitrogens is 1. The fourth-order valence-electron chi connectivity index (χ4n) is 1.71. The van der Waals surface area contributed by atoms with E-state index in [-0.39, 0.29) is 17.3 Å². The van der Waals surface area contributed by atoms with Crippen molar-refractivity contribution in [1.29, 1.82) is 0 Å². The molecule has 0 bridgehead atoms. The highest BCUT2D eigenvalue weighted by Gasteiger charge is 2.21. The number of hydrogen-bond acceptors (Lipinski definition) is 6. The first kappa shape index (κ1) is 14.4. The molecule has 1 atom stereocenters. The molecule has 1 unspecified atom stereocenters. The smallest absolute Gasteiger partial charge is 0.318 e. The fourth-order valence-corrected chi connectivity index (χ4v) is 1.71. The number of nitrogens with zero attached hydrogens (tertiary/aromatic N) is 1. The molecule has 1 heterocycles. The molecule has 21 heavy (non-hydrogen) atoms. The molecule has 1 aromatic heterocycles. The van der Waals surface area contributed by atoms with Crippen molar-refractivity contribution in [2.24, 2.45) is 0 Å². The van der Waals surface area contributed by atoms with Crippen LogP contribution in [0.3, 0.4) is 0 Å². The van der Waals surface area contributed by atoms with Crippen molar-refractivity contribution in [3.63, 3.8) is 0 Å². The van der Waals surface area contributed by atoms with E-state index < -0.39 is 22.7 Å². The van der Waals surface area contributed by atoms with Crippen molar-refractivity contribution in [3.05, 3.63) is 46.0 Å². The Bertz CT molecular complexity index is 676. The minimum atomic E-state index is -0.692. The van der Waals surface area contributed by atoms with Crippen LogP contribution in [0.5, 0.6) is 17.5 Å². The minimum Gasteiger partial charge on any atom is -0.494 e. The highest BCUT2D eigenvalue weighted by molar-refractivity contribution is 5.80. The van der Waals surface area contributed by atoms with E-state index in [0.29, 0.717) is 5.56 Å². The Kier molecular flexibility index (Phi) is 3.79. The molecule has 1 aromatic carbocycles. The highest BCUT2D eigenvalue weighted by atomic mass is 16.6. The van der Waals surface area contributed by atoms with Gasteiger partial charge >= 0.3 is 5.97 Å². The van der Waals surface area contributed by atoms with E-state index in [4.69, 9.17) is 9.84 Å². The molecule has 110 valence electrons. The molecule has 2 rings (SSSR count). The van der Waals surface area contributed by atoms with Crippen molar-refractivity contribution in [2.75, 3.05) is 0 Å². The first-order valence-electron chi connectivity index (χ1n) is 5.95. The van der Waals surface area contributed by atoms with Crippen LogP contribution in [-0.4, -0.2) is 26.1 Å². The van der Waals surface area contributed by atoms with Crippen LogP contribution in [0.2, 0.25) is 0 Å². The maximum atomic E-state index is 11.9. The summed E-state index contributed by atoms with van der Waals surface area (Å²) in [4.78, 5) is 24.1. The van der Waals surface area contributed by atoms with E-state index in [9.17, 15) is 20.0 Å². The van der Waals surface area contributed by atoms with E-state index in [2.05, 4.69) is 4.98 Å². The first-order chi connectivity index (χ1) is 9.88. The summed E-state index contributed by atoms with van der Waals surface area (Å²) in [6.45, 7) is 1.56. The van der Waals surface area contributed by atoms with E-state index in [1.807, 2.05) is 0 Å². The number of esters is 1. The van der Waals surface area contributed by atoms with Crippen molar-refractivity contribution in [2.45, 2.75) is 12.8 Å². The number of nitro groups is 1. The number of hydrogen-bond donors (Lipinski definition) is 3. The van der Waals surface area contributed by atoms with Crippen LogP contribution in [0.15, 0.2) is 30.3 Å². The van der Waals surface area contributed by atoms with E-state index >= 15 is 0 Å². The Balaban J connectivity index is 2.11. The number of carbonyl (C=O) groups is 1. The Hall–Kier alpha value is -3.03. The zero-order valence-electron chi connectivity index (χ0n) is 10.9. The summed E-state index contributed by atoms with van der Waals surface area (Å²) in [7, 11) is 0. The molecule has 0 aliphatic carbocycles. The van der Waals surface area contributed by atoms with Gasteiger partial charge in [0.25, 0.3) is 5.69 Å². The van der Waals surface area contributed by atoms with Gasteiger partial charge in [-0.25, -0.2) is 0 Å². The molecule has 0 saturated heterocycles. The third-order valence-corrected chi connectivity index (χ3v) is 2.92. The molecule has 0 fully saturated rings. The van der Waals surface area contributed by atoms with Crippen LogP contribution in [0.25, 0.3) is 0 Å². The normalized spacial score (nSPS) is 11.9. The number of nitrogens with one attached hydrogen (secondary N) is 1. The van der Waals surface area contributed by atoms with Gasteiger partial charge in [-0.3, -0.25) is 19.9 Å². The van der Waals surface area contributed by atoms with E-state index in [1.165, 1.54) is 24.3 Å². The summed E-state index contributed by atoms with van der Waals surface area (Å²) in [5, 5.41) is 29.0. The number of nitro benzene ring substituents is 1. The Morgan fingerprint density at radius 1 is 1.33 bits per heavy atom. The fraction of sp³-hybridized carbons (Fsp3) is 0.154. The van der Waals surface area contributed by atoms with Gasteiger partial charge in [-0.05, 0) is 12.5 Å². The lowest BCUT2D eigenvalue weighted by Crippen LogP contribution is -2.16. The zero-order valence-corrected chi connectivity index (χ0v) is 10.9. The van der Waals surface area contributed by atoms with Crippen LogP contribution in [0.4, 0.5) is 5.69 Å². The zero-order chi connectivity index (χ0) is 15.6. The molecular formula is C13H12N2O6. The number of non-ortho nitro benzene ring substituents is 1. The number of carbonyl (C=O) groups excluding carboxylic acids is 1. The lowest BCUT2D eigenvalue weighted by Gasteiger charge is -2.10. The molecule has 0 spiro atoms. The van der Waals surface area contributed by atoms with Gasteiger partial charge in [-0.1, -0.05) is 12.1 Å². The van der Waals surface area contributed by atoms with Crippen LogP contribution in [0.1, 0.15) is 18.4 Å².